The quantitative estimate of drug-likeness (QED) is 0.761. The minimum atomic E-state index is -0.960. The Kier molecular flexibility index (Phi) is 4.02. The van der Waals surface area contributed by atoms with Crippen LogP contribution in [0.2, 0.25) is 0 Å². The molecule has 74 valence electrons. The molecule has 0 saturated carbocycles. The summed E-state index contributed by atoms with van der Waals surface area (Å²) in [5.74, 6) is 5.65. The summed E-state index contributed by atoms with van der Waals surface area (Å²) in [7, 11) is 0. The predicted octanol–water partition coefficient (Wildman–Crippen LogP) is 2.65. The molecule has 0 aliphatic rings. The number of rotatable bonds is 2. The summed E-state index contributed by atoms with van der Waals surface area (Å²) in [6.07, 6.45) is -0.212. The van der Waals surface area contributed by atoms with E-state index in [1.807, 2.05) is 18.4 Å². The zero-order valence-corrected chi connectivity index (χ0v) is 8.67. The number of hydrogen-bond acceptors (Lipinski definition) is 2. The Balaban J connectivity index is 2.71. The molecule has 0 aliphatic heterocycles. The Labute approximate surface area is 87.0 Å². The largest absolute Gasteiger partial charge is 0.465 e. The van der Waals surface area contributed by atoms with Crippen molar-refractivity contribution < 1.29 is 9.90 Å². The first-order valence-electron chi connectivity index (χ1n) is 4.25. The molecule has 0 atom stereocenters. The Morgan fingerprint density at radius 1 is 1.64 bits per heavy atom. The van der Waals surface area contributed by atoms with Crippen LogP contribution in [-0.2, 0) is 0 Å². The van der Waals surface area contributed by atoms with Crippen LogP contribution in [0.3, 0.4) is 0 Å². The van der Waals surface area contributed by atoms with Gasteiger partial charge in [0.05, 0.1) is 6.54 Å². The van der Waals surface area contributed by atoms with E-state index < -0.39 is 6.09 Å². The van der Waals surface area contributed by atoms with E-state index in [1.165, 1.54) is 16.2 Å². The van der Waals surface area contributed by atoms with Crippen molar-refractivity contribution in [2.24, 2.45) is 0 Å². The third-order valence-corrected chi connectivity index (χ3v) is 2.43. The Hall–Kier alpha value is -1.47. The van der Waals surface area contributed by atoms with Crippen molar-refractivity contribution in [3.05, 3.63) is 17.5 Å². The minimum absolute atomic E-state index is 0.240. The van der Waals surface area contributed by atoms with Crippen LogP contribution in [0.1, 0.15) is 13.3 Å². The van der Waals surface area contributed by atoms with Gasteiger partial charge in [0.2, 0.25) is 0 Å². The zero-order chi connectivity index (χ0) is 10.4. The summed E-state index contributed by atoms with van der Waals surface area (Å²) in [5, 5.41) is 11.5. The molecule has 0 bridgehead atoms. The summed E-state index contributed by atoms with van der Waals surface area (Å²) in [5.41, 5.74) is 0. The van der Waals surface area contributed by atoms with Crippen molar-refractivity contribution in [3.63, 3.8) is 0 Å². The van der Waals surface area contributed by atoms with Crippen LogP contribution in [0.15, 0.2) is 17.5 Å². The van der Waals surface area contributed by atoms with Crippen LogP contribution in [0.4, 0.5) is 9.80 Å². The fourth-order valence-corrected chi connectivity index (χ4v) is 1.65. The van der Waals surface area contributed by atoms with E-state index in [4.69, 9.17) is 5.11 Å². The molecule has 1 heterocycles. The second-order valence-corrected chi connectivity index (χ2v) is 3.45. The number of hydrogen-bond donors (Lipinski definition) is 1. The highest BCUT2D eigenvalue weighted by molar-refractivity contribution is 7.14. The molecule has 1 N–H and O–H groups in total. The van der Waals surface area contributed by atoms with Gasteiger partial charge in [-0.15, -0.1) is 17.3 Å². The van der Waals surface area contributed by atoms with Gasteiger partial charge in [0, 0.05) is 6.42 Å². The van der Waals surface area contributed by atoms with E-state index in [2.05, 4.69) is 11.8 Å². The van der Waals surface area contributed by atoms with E-state index in [0.29, 0.717) is 5.00 Å². The standard InChI is InChI=1S/C10H11NO2S/c1-2-3-4-7-11(10(12)13)9-6-5-8-14-9/h5-6,8H,2,7H2,1H3,(H,12,13). The van der Waals surface area contributed by atoms with Crippen LogP contribution in [-0.4, -0.2) is 17.7 Å². The molecular formula is C10H11NO2S. The van der Waals surface area contributed by atoms with Crippen LogP contribution >= 0.6 is 11.3 Å². The third kappa shape index (κ3) is 2.79. The van der Waals surface area contributed by atoms with Gasteiger partial charge in [-0.1, -0.05) is 12.8 Å². The van der Waals surface area contributed by atoms with Gasteiger partial charge in [0.1, 0.15) is 5.00 Å². The highest BCUT2D eigenvalue weighted by Gasteiger charge is 2.12. The molecule has 1 rings (SSSR count). The van der Waals surface area contributed by atoms with Crippen molar-refractivity contribution in [2.45, 2.75) is 13.3 Å². The molecule has 0 unspecified atom stereocenters. The first-order chi connectivity index (χ1) is 6.75. The Bertz CT molecular complexity index is 348. The molecular weight excluding hydrogens is 198 g/mol. The minimum Gasteiger partial charge on any atom is -0.465 e. The average Bonchev–Trinajstić information content (AvgIpc) is 2.64. The maximum absolute atomic E-state index is 10.9. The van der Waals surface area contributed by atoms with Crippen molar-refractivity contribution in [1.82, 2.24) is 0 Å². The summed E-state index contributed by atoms with van der Waals surface area (Å²) in [6, 6.07) is 3.59. The Morgan fingerprint density at radius 2 is 2.43 bits per heavy atom. The van der Waals surface area contributed by atoms with Crippen LogP contribution in [0.25, 0.3) is 0 Å². The average molecular weight is 209 g/mol. The lowest BCUT2D eigenvalue weighted by atomic mass is 10.4. The van der Waals surface area contributed by atoms with Crippen LogP contribution < -0.4 is 4.90 Å². The number of carbonyl (C=O) groups is 1. The molecule has 0 spiro atoms. The number of nitrogens with zero attached hydrogens (tertiary/aromatic N) is 1. The van der Waals surface area contributed by atoms with Gasteiger partial charge >= 0.3 is 6.09 Å². The molecule has 1 amide bonds. The van der Waals surface area contributed by atoms with E-state index in [0.717, 1.165) is 6.42 Å². The normalized spacial score (nSPS) is 8.93. The molecule has 4 heteroatoms. The van der Waals surface area contributed by atoms with Gasteiger partial charge in [0.15, 0.2) is 0 Å². The summed E-state index contributed by atoms with van der Waals surface area (Å²) in [4.78, 5) is 12.1. The van der Waals surface area contributed by atoms with Crippen LogP contribution in [0.5, 0.6) is 0 Å². The van der Waals surface area contributed by atoms with Crippen molar-refractivity contribution in [2.75, 3.05) is 11.4 Å². The van der Waals surface area contributed by atoms with Crippen molar-refractivity contribution in [1.29, 1.82) is 0 Å². The van der Waals surface area contributed by atoms with E-state index in [1.54, 1.807) is 6.07 Å². The molecule has 0 aliphatic carbocycles. The van der Waals surface area contributed by atoms with E-state index >= 15 is 0 Å². The number of amides is 1. The highest BCUT2D eigenvalue weighted by atomic mass is 32.1. The molecule has 14 heavy (non-hydrogen) atoms. The smallest absolute Gasteiger partial charge is 0.413 e. The molecule has 0 radical (unpaired) electrons. The number of anilines is 1. The second-order valence-electron chi connectivity index (χ2n) is 2.53. The summed E-state index contributed by atoms with van der Waals surface area (Å²) < 4.78 is 0. The fourth-order valence-electron chi connectivity index (χ4n) is 0.923. The van der Waals surface area contributed by atoms with E-state index in [9.17, 15) is 4.79 Å². The Morgan fingerprint density at radius 3 is 2.93 bits per heavy atom. The monoisotopic (exact) mass is 209 g/mol. The maximum atomic E-state index is 10.9. The van der Waals surface area contributed by atoms with Gasteiger partial charge in [-0.05, 0) is 17.5 Å². The van der Waals surface area contributed by atoms with Gasteiger partial charge in [-0.25, -0.2) is 4.79 Å². The number of thiophene rings is 1. The first-order valence-corrected chi connectivity index (χ1v) is 5.13. The van der Waals surface area contributed by atoms with E-state index in [-0.39, 0.29) is 6.54 Å². The molecule has 0 fully saturated rings. The summed E-state index contributed by atoms with van der Waals surface area (Å²) >= 11 is 1.39. The summed E-state index contributed by atoms with van der Waals surface area (Å²) in [6.45, 7) is 2.17. The molecule has 0 aromatic carbocycles. The second kappa shape index (κ2) is 5.30. The predicted molar refractivity (Wildman–Crippen MR) is 57.8 cm³/mol. The molecule has 0 saturated heterocycles. The lowest BCUT2D eigenvalue weighted by Gasteiger charge is -2.12. The molecule has 1 aromatic rings. The number of carboxylic acid groups (broad SMARTS) is 1. The van der Waals surface area contributed by atoms with Crippen molar-refractivity contribution in [3.8, 4) is 11.8 Å². The molecule has 1 aromatic heterocycles. The van der Waals surface area contributed by atoms with Gasteiger partial charge < -0.3 is 5.11 Å². The van der Waals surface area contributed by atoms with Crippen molar-refractivity contribution >= 4 is 22.4 Å². The zero-order valence-electron chi connectivity index (χ0n) is 7.86. The molecule has 3 nitrogen and oxygen atoms in total. The maximum Gasteiger partial charge on any atom is 0.413 e. The van der Waals surface area contributed by atoms with Crippen LogP contribution in [0, 0.1) is 11.8 Å². The highest BCUT2D eigenvalue weighted by Crippen LogP contribution is 2.20. The van der Waals surface area contributed by atoms with Gasteiger partial charge in [0.25, 0.3) is 0 Å². The fraction of sp³-hybridized carbons (Fsp3) is 0.300. The van der Waals surface area contributed by atoms with Gasteiger partial charge in [-0.3, -0.25) is 4.90 Å². The lowest BCUT2D eigenvalue weighted by Crippen LogP contribution is -2.28. The SMILES string of the molecule is CCC#CCN(C(=O)O)c1cccs1. The van der Waals surface area contributed by atoms with Gasteiger partial charge in [-0.2, -0.15) is 0 Å². The third-order valence-electron chi connectivity index (χ3n) is 1.54. The topological polar surface area (TPSA) is 40.5 Å². The lowest BCUT2D eigenvalue weighted by molar-refractivity contribution is 0.203. The first kappa shape index (κ1) is 10.6.